The molecule has 0 aromatic rings. The Morgan fingerprint density at radius 1 is 0.451 bits per heavy atom. The topological polar surface area (TPSA) is 69.6 Å². The molecule has 51 heavy (non-hydrogen) atoms. The second-order valence-electron chi connectivity index (χ2n) is 15.1. The van der Waals surface area contributed by atoms with Crippen molar-refractivity contribution in [2.75, 3.05) is 6.61 Å². The zero-order valence-corrected chi connectivity index (χ0v) is 34.1. The van der Waals surface area contributed by atoms with Crippen LogP contribution in [0.5, 0.6) is 0 Å². The third-order valence-electron chi connectivity index (χ3n) is 9.99. The fraction of sp³-hybridized carbons (Fsp3) is 0.809. The highest BCUT2D eigenvalue weighted by molar-refractivity contribution is 5.76. The minimum atomic E-state index is -0.868. The van der Waals surface area contributed by atoms with E-state index >= 15 is 0 Å². The Labute approximate surface area is 318 Å². The molecule has 0 radical (unpaired) electrons. The number of hydrogen-bond donors (Lipinski definition) is 3. The first-order valence-electron chi connectivity index (χ1n) is 22.4. The summed E-state index contributed by atoms with van der Waals surface area (Å²) < 4.78 is 0. The van der Waals surface area contributed by atoms with E-state index in [9.17, 15) is 15.0 Å². The number of carbonyl (C=O) groups excluding carboxylic acids is 1. The molecule has 0 spiro atoms. The van der Waals surface area contributed by atoms with E-state index in [1.54, 1.807) is 6.08 Å². The number of unbranched alkanes of at least 4 members (excludes halogenated alkanes) is 27. The molecular weight excluding hydrogens is 627 g/mol. The molecule has 0 aromatic heterocycles. The average Bonchev–Trinajstić information content (AvgIpc) is 3.13. The van der Waals surface area contributed by atoms with Crippen molar-refractivity contribution in [2.45, 2.75) is 238 Å². The number of rotatable bonds is 40. The average molecular weight is 714 g/mol. The molecule has 298 valence electrons. The Bertz CT molecular complexity index is 816. The number of amides is 1. The van der Waals surface area contributed by atoms with Gasteiger partial charge in [-0.3, -0.25) is 4.79 Å². The molecule has 4 heteroatoms. The lowest BCUT2D eigenvalue weighted by molar-refractivity contribution is -0.123. The first-order chi connectivity index (χ1) is 25.2. The SMILES string of the molecule is CCC/C=C/CC/C=C/CC/C=C/C(O)C(CO)NC(=O)CCCCCCCCCCCCCC/C=C\CCCCCCCCCCCCCC. The molecule has 0 aromatic carbocycles. The normalized spacial score (nSPS) is 13.4. The Balaban J connectivity index is 3.50. The van der Waals surface area contributed by atoms with Crippen LogP contribution in [-0.4, -0.2) is 34.9 Å². The van der Waals surface area contributed by atoms with Crippen LogP contribution < -0.4 is 5.32 Å². The molecule has 3 N–H and O–H groups in total. The minimum absolute atomic E-state index is 0.0803. The van der Waals surface area contributed by atoms with Crippen molar-refractivity contribution < 1.29 is 15.0 Å². The molecule has 0 saturated heterocycles. The molecule has 0 rings (SSSR count). The van der Waals surface area contributed by atoms with Crippen molar-refractivity contribution in [1.82, 2.24) is 5.32 Å². The van der Waals surface area contributed by atoms with Crippen LogP contribution in [0.3, 0.4) is 0 Å². The quantitative estimate of drug-likeness (QED) is 0.0437. The zero-order chi connectivity index (χ0) is 37.1. The molecule has 0 heterocycles. The highest BCUT2D eigenvalue weighted by Crippen LogP contribution is 2.15. The van der Waals surface area contributed by atoms with Gasteiger partial charge in [0.05, 0.1) is 18.8 Å². The Hall–Kier alpha value is -1.65. The van der Waals surface area contributed by atoms with Crippen LogP contribution in [0.2, 0.25) is 0 Å². The number of allylic oxidation sites excluding steroid dienone is 7. The van der Waals surface area contributed by atoms with Gasteiger partial charge in [-0.05, 0) is 64.2 Å². The molecule has 1 amide bonds. The Morgan fingerprint density at radius 3 is 1.22 bits per heavy atom. The fourth-order valence-corrected chi connectivity index (χ4v) is 6.57. The molecule has 0 fully saturated rings. The minimum Gasteiger partial charge on any atom is -0.394 e. The van der Waals surface area contributed by atoms with E-state index in [2.05, 4.69) is 55.6 Å². The predicted octanol–water partition coefficient (Wildman–Crippen LogP) is 14.0. The van der Waals surface area contributed by atoms with E-state index in [0.717, 1.165) is 44.9 Å². The molecule has 0 saturated carbocycles. The van der Waals surface area contributed by atoms with Gasteiger partial charge in [-0.2, -0.15) is 0 Å². The second kappa shape index (κ2) is 42.8. The lowest BCUT2D eigenvalue weighted by atomic mass is 10.0. The summed E-state index contributed by atoms with van der Waals surface area (Å²) in [6.07, 6.45) is 58.1. The van der Waals surface area contributed by atoms with Crippen molar-refractivity contribution in [3.8, 4) is 0 Å². The lowest BCUT2D eigenvalue weighted by Crippen LogP contribution is -2.45. The van der Waals surface area contributed by atoms with E-state index in [-0.39, 0.29) is 12.5 Å². The van der Waals surface area contributed by atoms with Gasteiger partial charge in [-0.25, -0.2) is 0 Å². The van der Waals surface area contributed by atoms with Gasteiger partial charge in [-0.1, -0.05) is 204 Å². The summed E-state index contributed by atoms with van der Waals surface area (Å²) in [5, 5.41) is 22.9. The molecule has 0 bridgehead atoms. The van der Waals surface area contributed by atoms with Crippen LogP contribution in [0.1, 0.15) is 226 Å². The molecular formula is C47H87NO3. The summed E-state index contributed by atoms with van der Waals surface area (Å²) in [5.41, 5.74) is 0. The van der Waals surface area contributed by atoms with Gasteiger partial charge in [0.25, 0.3) is 0 Å². The van der Waals surface area contributed by atoms with Crippen LogP contribution in [0.4, 0.5) is 0 Å². The van der Waals surface area contributed by atoms with E-state index in [0.29, 0.717) is 6.42 Å². The van der Waals surface area contributed by atoms with Crippen molar-refractivity contribution in [3.63, 3.8) is 0 Å². The largest absolute Gasteiger partial charge is 0.394 e. The summed E-state index contributed by atoms with van der Waals surface area (Å²) in [7, 11) is 0. The Morgan fingerprint density at radius 2 is 0.804 bits per heavy atom. The summed E-state index contributed by atoms with van der Waals surface area (Å²) in [6.45, 7) is 4.22. The van der Waals surface area contributed by atoms with Crippen LogP contribution in [0.25, 0.3) is 0 Å². The van der Waals surface area contributed by atoms with E-state index in [1.165, 1.54) is 161 Å². The van der Waals surface area contributed by atoms with E-state index in [1.807, 2.05) is 6.08 Å². The fourth-order valence-electron chi connectivity index (χ4n) is 6.57. The summed E-state index contributed by atoms with van der Waals surface area (Å²) in [6, 6.07) is -0.644. The summed E-state index contributed by atoms with van der Waals surface area (Å²) >= 11 is 0. The number of nitrogens with one attached hydrogen (secondary N) is 1. The van der Waals surface area contributed by atoms with Crippen LogP contribution in [0, 0.1) is 0 Å². The molecule has 2 unspecified atom stereocenters. The first kappa shape index (κ1) is 49.4. The highest BCUT2D eigenvalue weighted by atomic mass is 16.3. The monoisotopic (exact) mass is 714 g/mol. The van der Waals surface area contributed by atoms with Crippen molar-refractivity contribution in [3.05, 3.63) is 48.6 Å². The van der Waals surface area contributed by atoms with Crippen molar-refractivity contribution in [2.24, 2.45) is 0 Å². The standard InChI is InChI=1S/C47H87NO3/c1-3-5-7-9-11-13-15-16-17-18-19-20-21-22-23-24-25-26-27-28-29-30-31-33-35-37-39-41-43-47(51)48-45(44-49)46(50)42-40-38-36-34-32-14-12-10-8-6-4-2/h8,10,22-23,32,34,40,42,45-46,49-50H,3-7,9,11-21,24-31,33,35-39,41,43-44H2,1-2H3,(H,48,51)/b10-8+,23-22-,34-32+,42-40+. The van der Waals surface area contributed by atoms with Gasteiger partial charge >= 0.3 is 0 Å². The van der Waals surface area contributed by atoms with E-state index < -0.39 is 12.1 Å². The maximum absolute atomic E-state index is 12.3. The molecule has 0 aliphatic rings. The maximum Gasteiger partial charge on any atom is 0.220 e. The summed E-state index contributed by atoms with van der Waals surface area (Å²) in [4.78, 5) is 12.3. The van der Waals surface area contributed by atoms with Gasteiger partial charge in [0.15, 0.2) is 0 Å². The number of aliphatic hydroxyl groups is 2. The van der Waals surface area contributed by atoms with E-state index in [4.69, 9.17) is 0 Å². The first-order valence-corrected chi connectivity index (χ1v) is 22.4. The van der Waals surface area contributed by atoms with Crippen molar-refractivity contribution >= 4 is 5.91 Å². The second-order valence-corrected chi connectivity index (χ2v) is 15.1. The molecule has 2 atom stereocenters. The molecule has 0 aliphatic heterocycles. The van der Waals surface area contributed by atoms with Crippen molar-refractivity contribution in [1.29, 1.82) is 0 Å². The predicted molar refractivity (Wildman–Crippen MR) is 225 cm³/mol. The van der Waals surface area contributed by atoms with Gasteiger partial charge in [0, 0.05) is 6.42 Å². The Kier molecular flexibility index (Phi) is 41.4. The van der Waals surface area contributed by atoms with Gasteiger partial charge < -0.3 is 15.5 Å². The molecule has 4 nitrogen and oxygen atoms in total. The third-order valence-corrected chi connectivity index (χ3v) is 9.99. The van der Waals surface area contributed by atoms with Crippen LogP contribution in [-0.2, 0) is 4.79 Å². The maximum atomic E-state index is 12.3. The zero-order valence-electron chi connectivity index (χ0n) is 34.1. The summed E-state index contributed by atoms with van der Waals surface area (Å²) in [5.74, 6) is -0.0803. The van der Waals surface area contributed by atoms with Gasteiger partial charge in [0.2, 0.25) is 5.91 Å². The lowest BCUT2D eigenvalue weighted by Gasteiger charge is -2.19. The van der Waals surface area contributed by atoms with Crippen LogP contribution in [0.15, 0.2) is 48.6 Å². The third kappa shape index (κ3) is 39.4. The molecule has 0 aliphatic carbocycles. The number of aliphatic hydroxyl groups excluding tert-OH is 2. The highest BCUT2D eigenvalue weighted by Gasteiger charge is 2.17. The number of carbonyl (C=O) groups is 1. The van der Waals surface area contributed by atoms with Crippen LogP contribution >= 0.6 is 0 Å². The van der Waals surface area contributed by atoms with Gasteiger partial charge in [-0.15, -0.1) is 0 Å². The smallest absolute Gasteiger partial charge is 0.220 e. The van der Waals surface area contributed by atoms with Gasteiger partial charge in [0.1, 0.15) is 0 Å². The number of hydrogen-bond acceptors (Lipinski definition) is 3.